The molecule has 0 fully saturated rings. The minimum absolute atomic E-state index is 0.148. The van der Waals surface area contributed by atoms with E-state index in [-0.39, 0.29) is 11.2 Å². The number of carbonyl (C=O) groups excluding carboxylic acids is 1. The van der Waals surface area contributed by atoms with Gasteiger partial charge in [0.2, 0.25) is 0 Å². The van der Waals surface area contributed by atoms with Crippen LogP contribution in [0.1, 0.15) is 45.1 Å². The number of carbonyl (C=O) groups is 1. The van der Waals surface area contributed by atoms with Crippen LogP contribution in [0.5, 0.6) is 0 Å². The van der Waals surface area contributed by atoms with Crippen molar-refractivity contribution in [2.75, 3.05) is 0 Å². The molecule has 0 unspecified atom stereocenters. The van der Waals surface area contributed by atoms with Gasteiger partial charge in [0.15, 0.2) is 5.78 Å². The molecule has 0 spiro atoms. The highest BCUT2D eigenvalue weighted by Crippen LogP contribution is 2.30. The van der Waals surface area contributed by atoms with Crippen molar-refractivity contribution in [2.45, 2.75) is 52.1 Å². The number of rotatable bonds is 5. The summed E-state index contributed by atoms with van der Waals surface area (Å²) in [5, 5.41) is 9.46. The van der Waals surface area contributed by atoms with E-state index in [9.17, 15) is 9.90 Å². The molecule has 0 saturated heterocycles. The predicted octanol–water partition coefficient (Wildman–Crippen LogP) is 2.60. The van der Waals surface area contributed by atoms with Gasteiger partial charge in [-0.25, -0.2) is 0 Å². The van der Waals surface area contributed by atoms with Crippen molar-refractivity contribution in [3.05, 3.63) is 23.7 Å². The van der Waals surface area contributed by atoms with Crippen LogP contribution in [0.4, 0.5) is 0 Å². The van der Waals surface area contributed by atoms with Crippen molar-refractivity contribution in [2.24, 2.45) is 0 Å². The zero-order chi connectivity index (χ0) is 12.3. The molecule has 3 nitrogen and oxygen atoms in total. The first kappa shape index (κ1) is 13.0. The van der Waals surface area contributed by atoms with Crippen LogP contribution in [-0.2, 0) is 10.2 Å². The van der Waals surface area contributed by atoms with Gasteiger partial charge < -0.3 is 9.52 Å². The first-order valence-electron chi connectivity index (χ1n) is 5.58. The molecule has 1 N–H and O–H groups in total. The lowest BCUT2D eigenvalue weighted by Crippen LogP contribution is -2.23. The highest BCUT2D eigenvalue weighted by molar-refractivity contribution is 5.80. The first-order chi connectivity index (χ1) is 7.33. The standard InChI is InChI=1S/C13H20O3/c1-9-5-6-12(16-9)13(3,4)8-7-11(15)10(2)14/h5-6,11,15H,7-8H2,1-4H3/t11-/m0/s1. The number of furan rings is 1. The van der Waals surface area contributed by atoms with Gasteiger partial charge in [-0.15, -0.1) is 0 Å². The highest BCUT2D eigenvalue weighted by atomic mass is 16.3. The Morgan fingerprint density at radius 2 is 2.12 bits per heavy atom. The van der Waals surface area contributed by atoms with Crippen LogP contribution in [0.3, 0.4) is 0 Å². The van der Waals surface area contributed by atoms with E-state index < -0.39 is 6.10 Å². The summed E-state index contributed by atoms with van der Waals surface area (Å²) in [5.74, 6) is 1.61. The Morgan fingerprint density at radius 3 is 2.56 bits per heavy atom. The number of aliphatic hydroxyl groups is 1. The number of aryl methyl sites for hydroxylation is 1. The van der Waals surface area contributed by atoms with E-state index >= 15 is 0 Å². The topological polar surface area (TPSA) is 50.4 Å². The molecule has 1 heterocycles. The molecule has 0 bridgehead atoms. The summed E-state index contributed by atoms with van der Waals surface area (Å²) >= 11 is 0. The van der Waals surface area contributed by atoms with Crippen molar-refractivity contribution in [3.8, 4) is 0 Å². The van der Waals surface area contributed by atoms with Crippen molar-refractivity contribution in [3.63, 3.8) is 0 Å². The maximum atomic E-state index is 10.9. The maximum absolute atomic E-state index is 10.9. The maximum Gasteiger partial charge on any atom is 0.158 e. The van der Waals surface area contributed by atoms with E-state index in [4.69, 9.17) is 4.42 Å². The molecule has 1 aromatic rings. The van der Waals surface area contributed by atoms with Crippen LogP contribution < -0.4 is 0 Å². The Hall–Kier alpha value is -1.09. The van der Waals surface area contributed by atoms with Crippen molar-refractivity contribution in [1.29, 1.82) is 0 Å². The summed E-state index contributed by atoms with van der Waals surface area (Å²) in [6, 6.07) is 3.88. The highest BCUT2D eigenvalue weighted by Gasteiger charge is 2.25. The fraction of sp³-hybridized carbons (Fsp3) is 0.615. The number of Topliss-reactive ketones (excluding diaryl/α,β-unsaturated/α-hetero) is 1. The Morgan fingerprint density at radius 1 is 1.50 bits per heavy atom. The Balaban J connectivity index is 2.62. The fourth-order valence-electron chi connectivity index (χ4n) is 1.62. The zero-order valence-corrected chi connectivity index (χ0v) is 10.4. The van der Waals surface area contributed by atoms with Gasteiger partial charge in [-0.3, -0.25) is 4.79 Å². The second kappa shape index (κ2) is 4.83. The summed E-state index contributed by atoms with van der Waals surface area (Å²) in [7, 11) is 0. The van der Waals surface area contributed by atoms with Crippen molar-refractivity contribution >= 4 is 5.78 Å². The number of hydrogen-bond donors (Lipinski definition) is 1. The van der Waals surface area contributed by atoms with Gasteiger partial charge >= 0.3 is 0 Å². The van der Waals surface area contributed by atoms with Gasteiger partial charge in [-0.1, -0.05) is 13.8 Å². The molecule has 1 rings (SSSR count). The van der Waals surface area contributed by atoms with E-state index in [0.29, 0.717) is 6.42 Å². The van der Waals surface area contributed by atoms with Crippen molar-refractivity contribution in [1.82, 2.24) is 0 Å². The lowest BCUT2D eigenvalue weighted by Gasteiger charge is -2.22. The molecular formula is C13H20O3. The molecule has 3 heteroatoms. The Kier molecular flexibility index (Phi) is 3.92. The van der Waals surface area contributed by atoms with Gasteiger partial charge in [0, 0.05) is 5.41 Å². The smallest absolute Gasteiger partial charge is 0.158 e. The van der Waals surface area contributed by atoms with Crippen LogP contribution in [0.2, 0.25) is 0 Å². The van der Waals surface area contributed by atoms with E-state index in [1.54, 1.807) is 0 Å². The summed E-state index contributed by atoms with van der Waals surface area (Å²) in [6.45, 7) is 7.43. The molecule has 16 heavy (non-hydrogen) atoms. The molecule has 0 aromatic carbocycles. The summed E-state index contributed by atoms with van der Waals surface area (Å²) in [5.41, 5.74) is -0.148. The quantitative estimate of drug-likeness (QED) is 0.836. The van der Waals surface area contributed by atoms with Crippen LogP contribution in [-0.4, -0.2) is 17.0 Å². The van der Waals surface area contributed by atoms with Gasteiger partial charge in [0.05, 0.1) is 0 Å². The number of hydrogen-bond acceptors (Lipinski definition) is 3. The second-order valence-corrected chi connectivity index (χ2v) is 4.96. The second-order valence-electron chi connectivity index (χ2n) is 4.96. The third-order valence-corrected chi connectivity index (χ3v) is 2.92. The minimum atomic E-state index is -0.852. The molecule has 1 aromatic heterocycles. The molecule has 0 saturated carbocycles. The fourth-order valence-corrected chi connectivity index (χ4v) is 1.62. The van der Waals surface area contributed by atoms with Crippen molar-refractivity contribution < 1.29 is 14.3 Å². The lowest BCUT2D eigenvalue weighted by atomic mass is 9.84. The van der Waals surface area contributed by atoms with Gasteiger partial charge in [-0.05, 0) is 38.8 Å². The molecule has 0 aliphatic carbocycles. The molecular weight excluding hydrogens is 204 g/mol. The van der Waals surface area contributed by atoms with Gasteiger partial charge in [-0.2, -0.15) is 0 Å². The largest absolute Gasteiger partial charge is 0.466 e. The van der Waals surface area contributed by atoms with Crippen LogP contribution in [0.25, 0.3) is 0 Å². The third-order valence-electron chi connectivity index (χ3n) is 2.92. The Bertz CT molecular complexity index is 363. The molecule has 0 radical (unpaired) electrons. The normalized spacial score (nSPS) is 13.8. The zero-order valence-electron chi connectivity index (χ0n) is 10.4. The average molecular weight is 224 g/mol. The molecule has 0 aliphatic rings. The number of aliphatic hydroxyl groups excluding tert-OH is 1. The third kappa shape index (κ3) is 3.20. The summed E-state index contributed by atoms with van der Waals surface area (Å²) in [6.07, 6.45) is 0.346. The SMILES string of the molecule is CC(=O)[C@@H](O)CCC(C)(C)c1ccc(C)o1. The Labute approximate surface area is 96.5 Å². The van der Waals surface area contributed by atoms with E-state index in [2.05, 4.69) is 13.8 Å². The monoisotopic (exact) mass is 224 g/mol. The van der Waals surface area contributed by atoms with Crippen LogP contribution in [0.15, 0.2) is 16.5 Å². The van der Waals surface area contributed by atoms with Gasteiger partial charge in [0.1, 0.15) is 17.6 Å². The van der Waals surface area contributed by atoms with Crippen LogP contribution in [0, 0.1) is 6.92 Å². The van der Waals surface area contributed by atoms with Gasteiger partial charge in [0.25, 0.3) is 0 Å². The summed E-state index contributed by atoms with van der Waals surface area (Å²) in [4.78, 5) is 10.9. The minimum Gasteiger partial charge on any atom is -0.466 e. The molecule has 0 amide bonds. The summed E-state index contributed by atoms with van der Waals surface area (Å²) < 4.78 is 5.57. The molecule has 0 aliphatic heterocycles. The predicted molar refractivity (Wildman–Crippen MR) is 62.4 cm³/mol. The lowest BCUT2D eigenvalue weighted by molar-refractivity contribution is -0.125. The van der Waals surface area contributed by atoms with E-state index in [1.165, 1.54) is 6.92 Å². The first-order valence-corrected chi connectivity index (χ1v) is 5.58. The molecule has 90 valence electrons. The number of ketones is 1. The molecule has 1 atom stereocenters. The van der Waals surface area contributed by atoms with E-state index in [0.717, 1.165) is 17.9 Å². The average Bonchev–Trinajstić information content (AvgIpc) is 2.61. The van der Waals surface area contributed by atoms with E-state index in [1.807, 2.05) is 19.1 Å². The van der Waals surface area contributed by atoms with Crippen LogP contribution >= 0.6 is 0 Å².